The molecule has 0 fully saturated rings. The van der Waals surface area contributed by atoms with Crippen molar-refractivity contribution in [2.24, 2.45) is 0 Å². The molecule has 134 valence electrons. The molecule has 4 heteroatoms. The lowest BCUT2D eigenvalue weighted by Gasteiger charge is -2.27. The lowest BCUT2D eigenvalue weighted by molar-refractivity contribution is 0.0443. The Morgan fingerprint density at radius 2 is 1.14 bits per heavy atom. The van der Waals surface area contributed by atoms with Crippen molar-refractivity contribution in [3.63, 3.8) is 0 Å². The Hall–Kier alpha value is -0.160. The first-order valence-electron chi connectivity index (χ1n) is 9.22. The van der Waals surface area contributed by atoms with Crippen LogP contribution in [0.2, 0.25) is 0 Å². The standard InChI is InChI=1S/C18H39NO3/c1-4-5-6-7-8-9-10-11-12-18(22)15-19(13-16(2)20)14-17(3)21/h16-18,20-22H,4-15H2,1-3H3. The van der Waals surface area contributed by atoms with E-state index in [2.05, 4.69) is 6.92 Å². The van der Waals surface area contributed by atoms with Crippen molar-refractivity contribution in [1.29, 1.82) is 0 Å². The van der Waals surface area contributed by atoms with Gasteiger partial charge in [0.05, 0.1) is 18.3 Å². The average Bonchev–Trinajstić information content (AvgIpc) is 2.40. The van der Waals surface area contributed by atoms with Crippen LogP contribution in [0.25, 0.3) is 0 Å². The molecule has 0 radical (unpaired) electrons. The van der Waals surface area contributed by atoms with Crippen molar-refractivity contribution >= 4 is 0 Å². The largest absolute Gasteiger partial charge is 0.392 e. The molecule has 0 bridgehead atoms. The second-order valence-corrected chi connectivity index (χ2v) is 6.83. The highest BCUT2D eigenvalue weighted by molar-refractivity contribution is 4.69. The van der Waals surface area contributed by atoms with Crippen LogP contribution in [0.3, 0.4) is 0 Å². The monoisotopic (exact) mass is 317 g/mol. The van der Waals surface area contributed by atoms with Crippen molar-refractivity contribution in [3.05, 3.63) is 0 Å². The number of nitrogens with zero attached hydrogens (tertiary/aromatic N) is 1. The van der Waals surface area contributed by atoms with Gasteiger partial charge in [-0.05, 0) is 20.3 Å². The summed E-state index contributed by atoms with van der Waals surface area (Å²) in [4.78, 5) is 1.95. The zero-order valence-corrected chi connectivity index (χ0v) is 15.0. The van der Waals surface area contributed by atoms with E-state index in [4.69, 9.17) is 0 Å². The van der Waals surface area contributed by atoms with Crippen LogP contribution in [0.5, 0.6) is 0 Å². The maximum atomic E-state index is 10.1. The minimum absolute atomic E-state index is 0.363. The Morgan fingerprint density at radius 3 is 1.59 bits per heavy atom. The Kier molecular flexibility index (Phi) is 14.3. The first-order valence-corrected chi connectivity index (χ1v) is 9.22. The van der Waals surface area contributed by atoms with E-state index in [1.165, 1.54) is 44.9 Å². The second-order valence-electron chi connectivity index (χ2n) is 6.83. The molecular formula is C18H39NO3. The summed E-state index contributed by atoms with van der Waals surface area (Å²) in [6.45, 7) is 7.24. The molecule has 0 aromatic rings. The van der Waals surface area contributed by atoms with E-state index in [-0.39, 0.29) is 6.10 Å². The van der Waals surface area contributed by atoms with Gasteiger partial charge < -0.3 is 15.3 Å². The molecule has 0 saturated carbocycles. The summed E-state index contributed by atoms with van der Waals surface area (Å²) < 4.78 is 0. The van der Waals surface area contributed by atoms with Crippen molar-refractivity contribution in [1.82, 2.24) is 4.90 Å². The lowest BCUT2D eigenvalue weighted by atomic mass is 10.1. The van der Waals surface area contributed by atoms with Gasteiger partial charge in [-0.3, -0.25) is 4.90 Å². The molecule has 3 N–H and O–H groups in total. The SMILES string of the molecule is CCCCCCCCCCC(O)CN(CC(C)O)CC(C)O. The summed E-state index contributed by atoms with van der Waals surface area (Å²) in [6, 6.07) is 0. The van der Waals surface area contributed by atoms with E-state index in [1.54, 1.807) is 13.8 Å². The van der Waals surface area contributed by atoms with Crippen molar-refractivity contribution in [3.8, 4) is 0 Å². The Bertz CT molecular complexity index is 224. The fraction of sp³-hybridized carbons (Fsp3) is 1.00. The van der Waals surface area contributed by atoms with Gasteiger partial charge in [0.25, 0.3) is 0 Å². The highest BCUT2D eigenvalue weighted by Crippen LogP contribution is 2.11. The van der Waals surface area contributed by atoms with Gasteiger partial charge in [0.1, 0.15) is 0 Å². The van der Waals surface area contributed by atoms with Gasteiger partial charge in [-0.25, -0.2) is 0 Å². The normalized spacial score (nSPS) is 16.0. The Morgan fingerprint density at radius 1 is 0.682 bits per heavy atom. The number of aliphatic hydroxyl groups excluding tert-OH is 3. The topological polar surface area (TPSA) is 63.9 Å². The van der Waals surface area contributed by atoms with E-state index < -0.39 is 12.2 Å². The summed E-state index contributed by atoms with van der Waals surface area (Å²) in [5.41, 5.74) is 0. The number of hydrogen-bond acceptors (Lipinski definition) is 4. The molecule has 0 aliphatic carbocycles. The van der Waals surface area contributed by atoms with Gasteiger partial charge in [0.15, 0.2) is 0 Å². The molecule has 0 aromatic carbocycles. The zero-order valence-electron chi connectivity index (χ0n) is 15.0. The van der Waals surface area contributed by atoms with Crippen LogP contribution in [0.1, 0.15) is 78.6 Å². The smallest absolute Gasteiger partial charge is 0.0667 e. The highest BCUT2D eigenvalue weighted by Gasteiger charge is 2.15. The summed E-state index contributed by atoms with van der Waals surface area (Å²) >= 11 is 0. The summed E-state index contributed by atoms with van der Waals surface area (Å²) in [5.74, 6) is 0. The molecule has 0 heterocycles. The third-order valence-electron chi connectivity index (χ3n) is 3.90. The molecule has 0 aliphatic heterocycles. The van der Waals surface area contributed by atoms with Crippen LogP contribution in [0, 0.1) is 0 Å². The highest BCUT2D eigenvalue weighted by atomic mass is 16.3. The third-order valence-corrected chi connectivity index (χ3v) is 3.90. The van der Waals surface area contributed by atoms with E-state index in [0.29, 0.717) is 19.6 Å². The summed E-state index contributed by atoms with van der Waals surface area (Å²) in [6.07, 6.45) is 9.74. The number of hydrogen-bond donors (Lipinski definition) is 3. The fourth-order valence-electron chi connectivity index (χ4n) is 2.87. The van der Waals surface area contributed by atoms with E-state index in [1.807, 2.05) is 4.90 Å². The van der Waals surface area contributed by atoms with Crippen LogP contribution in [-0.4, -0.2) is 58.2 Å². The van der Waals surface area contributed by atoms with Gasteiger partial charge in [-0.1, -0.05) is 58.3 Å². The van der Waals surface area contributed by atoms with Gasteiger partial charge in [0, 0.05) is 19.6 Å². The summed E-state index contributed by atoms with van der Waals surface area (Å²) in [5, 5.41) is 29.1. The molecule has 0 spiro atoms. The lowest BCUT2D eigenvalue weighted by Crippen LogP contribution is -2.41. The van der Waals surface area contributed by atoms with Crippen molar-refractivity contribution < 1.29 is 15.3 Å². The molecule has 0 aliphatic rings. The van der Waals surface area contributed by atoms with Crippen molar-refractivity contribution in [2.75, 3.05) is 19.6 Å². The molecule has 22 heavy (non-hydrogen) atoms. The van der Waals surface area contributed by atoms with Crippen LogP contribution in [0.15, 0.2) is 0 Å². The fourth-order valence-corrected chi connectivity index (χ4v) is 2.87. The first kappa shape index (κ1) is 21.8. The maximum Gasteiger partial charge on any atom is 0.0667 e. The van der Waals surface area contributed by atoms with E-state index >= 15 is 0 Å². The predicted octanol–water partition coefficient (Wildman–Crippen LogP) is 2.94. The van der Waals surface area contributed by atoms with E-state index in [0.717, 1.165) is 12.8 Å². The maximum absolute atomic E-state index is 10.1. The number of rotatable bonds is 15. The second kappa shape index (κ2) is 14.4. The molecule has 0 amide bonds. The quantitative estimate of drug-likeness (QED) is 0.406. The van der Waals surface area contributed by atoms with Crippen molar-refractivity contribution in [2.45, 2.75) is 96.9 Å². The Balaban J connectivity index is 3.69. The molecule has 3 unspecified atom stereocenters. The summed E-state index contributed by atoms with van der Waals surface area (Å²) in [7, 11) is 0. The predicted molar refractivity (Wildman–Crippen MR) is 93.0 cm³/mol. The molecule has 4 nitrogen and oxygen atoms in total. The van der Waals surface area contributed by atoms with Gasteiger partial charge >= 0.3 is 0 Å². The number of aliphatic hydroxyl groups is 3. The first-order chi connectivity index (χ1) is 10.5. The molecule has 0 aromatic heterocycles. The van der Waals surface area contributed by atoms with Crippen LogP contribution in [-0.2, 0) is 0 Å². The molecular weight excluding hydrogens is 278 g/mol. The number of unbranched alkanes of at least 4 members (excludes halogenated alkanes) is 7. The minimum Gasteiger partial charge on any atom is -0.392 e. The van der Waals surface area contributed by atoms with Gasteiger partial charge in [-0.15, -0.1) is 0 Å². The molecule has 0 rings (SSSR count). The van der Waals surface area contributed by atoms with Crippen LogP contribution in [0.4, 0.5) is 0 Å². The van der Waals surface area contributed by atoms with E-state index in [9.17, 15) is 15.3 Å². The average molecular weight is 318 g/mol. The minimum atomic E-state index is -0.436. The molecule has 3 atom stereocenters. The third kappa shape index (κ3) is 14.8. The van der Waals surface area contributed by atoms with Crippen LogP contribution >= 0.6 is 0 Å². The van der Waals surface area contributed by atoms with Crippen LogP contribution < -0.4 is 0 Å². The van der Waals surface area contributed by atoms with Gasteiger partial charge in [0.2, 0.25) is 0 Å². The van der Waals surface area contributed by atoms with Gasteiger partial charge in [-0.2, -0.15) is 0 Å². The molecule has 0 saturated heterocycles. The Labute approximate surface area is 137 Å². The zero-order chi connectivity index (χ0) is 16.8.